The van der Waals surface area contributed by atoms with Gasteiger partial charge in [0.2, 0.25) is 0 Å². The molecule has 1 amide bonds. The molecule has 2 saturated heterocycles. The van der Waals surface area contributed by atoms with Gasteiger partial charge in [-0.2, -0.15) is 10.2 Å². The molecule has 0 spiro atoms. The second-order valence-corrected chi connectivity index (χ2v) is 11.9. The average molecular weight is 525 g/mol. The third-order valence-electron chi connectivity index (χ3n) is 7.45. The predicted molar refractivity (Wildman–Crippen MR) is 144 cm³/mol. The first-order chi connectivity index (χ1) is 17.5. The number of hydrogen-bond acceptors (Lipinski definition) is 8. The Morgan fingerprint density at radius 1 is 1.22 bits per heavy atom. The van der Waals surface area contributed by atoms with Crippen LogP contribution in [0.25, 0.3) is 15.3 Å². The quantitative estimate of drug-likeness (QED) is 0.307. The molecule has 4 aliphatic rings. The Morgan fingerprint density at radius 3 is 2.83 bits per heavy atom. The molecule has 3 aromatic rings. The maximum Gasteiger partial charge on any atom is 0.260 e. The van der Waals surface area contributed by atoms with E-state index in [0.717, 1.165) is 50.9 Å². The molecule has 2 bridgehead atoms. The van der Waals surface area contributed by atoms with Gasteiger partial charge in [0.15, 0.2) is 0 Å². The molecule has 9 nitrogen and oxygen atoms in total. The second-order valence-electron chi connectivity index (χ2n) is 9.97. The van der Waals surface area contributed by atoms with E-state index in [-0.39, 0.29) is 11.9 Å². The summed E-state index contributed by atoms with van der Waals surface area (Å²) in [5.41, 5.74) is 3.38. The standard InChI is InChI=1S/C25H32N8OS2/c1-16-22(9-19(11-26-16)30-35-8-7-32-13-17-3-5-20(32)6-4-17)29-24(34)21-12-28-33-15-23(36-25(21)33)18-10-27-31(2)14-18/h9-12,14-17,20,26,30H,3-8,13H2,1-2H3,(H,29,34). The fourth-order valence-electron chi connectivity index (χ4n) is 5.41. The Kier molecular flexibility index (Phi) is 6.53. The first-order valence-electron chi connectivity index (χ1n) is 12.6. The molecule has 0 aromatic carbocycles. The lowest BCUT2D eigenvalue weighted by atomic mass is 9.80. The SMILES string of the molecule is CC1NC=C(NSCCN2CC3CCC2CC3)C=C1NC(=O)c1cnn2cc(-c3cnn(C)c3)sc12. The van der Waals surface area contributed by atoms with Crippen molar-refractivity contribution in [3.05, 3.63) is 54.0 Å². The highest BCUT2D eigenvalue weighted by atomic mass is 32.2. The second kappa shape index (κ2) is 9.95. The van der Waals surface area contributed by atoms with E-state index in [1.54, 1.807) is 27.3 Å². The van der Waals surface area contributed by atoms with Crippen LogP contribution in [-0.4, -0.2) is 61.1 Å². The highest BCUT2D eigenvalue weighted by Gasteiger charge is 2.33. The number of rotatable bonds is 8. The van der Waals surface area contributed by atoms with Crippen molar-refractivity contribution in [1.82, 2.24) is 39.7 Å². The van der Waals surface area contributed by atoms with Gasteiger partial charge < -0.3 is 15.4 Å². The molecule has 1 unspecified atom stereocenters. The topological polar surface area (TPSA) is 91.5 Å². The summed E-state index contributed by atoms with van der Waals surface area (Å²) in [6.07, 6.45) is 16.9. The molecular formula is C25H32N8OS2. The number of hydrogen-bond donors (Lipinski definition) is 3. The molecular weight excluding hydrogens is 492 g/mol. The van der Waals surface area contributed by atoms with E-state index in [2.05, 4.69) is 30.5 Å². The predicted octanol–water partition coefficient (Wildman–Crippen LogP) is 3.36. The number of dihydropyridines is 1. The smallest absolute Gasteiger partial charge is 0.260 e. The molecule has 1 saturated carbocycles. The molecule has 7 rings (SSSR count). The minimum Gasteiger partial charge on any atom is -0.381 e. The monoisotopic (exact) mass is 524 g/mol. The minimum absolute atomic E-state index is 0.00811. The lowest BCUT2D eigenvalue weighted by Gasteiger charge is -2.45. The maximum atomic E-state index is 13.2. The summed E-state index contributed by atoms with van der Waals surface area (Å²) in [4.78, 5) is 17.7. The van der Waals surface area contributed by atoms with Crippen LogP contribution in [0.5, 0.6) is 0 Å². The lowest BCUT2D eigenvalue weighted by Crippen LogP contribution is -2.48. The Hall–Kier alpha value is -2.76. The van der Waals surface area contributed by atoms with Crippen LogP contribution in [0.4, 0.5) is 0 Å². The van der Waals surface area contributed by atoms with Crippen molar-refractivity contribution in [3.63, 3.8) is 0 Å². The fraction of sp³-hybridized carbons (Fsp3) is 0.480. The van der Waals surface area contributed by atoms with Gasteiger partial charge in [-0.3, -0.25) is 14.4 Å². The summed E-state index contributed by atoms with van der Waals surface area (Å²) in [5, 5.41) is 15.1. The summed E-state index contributed by atoms with van der Waals surface area (Å²) in [6.45, 7) is 4.44. The summed E-state index contributed by atoms with van der Waals surface area (Å²) < 4.78 is 6.98. The molecule has 36 heavy (non-hydrogen) atoms. The summed E-state index contributed by atoms with van der Waals surface area (Å²) in [7, 11) is 1.89. The van der Waals surface area contributed by atoms with Crippen molar-refractivity contribution in [3.8, 4) is 10.4 Å². The Bertz CT molecular complexity index is 1310. The zero-order valence-electron chi connectivity index (χ0n) is 20.6. The largest absolute Gasteiger partial charge is 0.381 e. The first-order valence-corrected chi connectivity index (χ1v) is 14.4. The van der Waals surface area contributed by atoms with Gasteiger partial charge in [0.25, 0.3) is 5.91 Å². The van der Waals surface area contributed by atoms with Crippen molar-refractivity contribution >= 4 is 34.0 Å². The molecule has 11 heteroatoms. The number of nitrogens with one attached hydrogen (secondary N) is 3. The van der Waals surface area contributed by atoms with E-state index in [1.807, 2.05) is 44.8 Å². The van der Waals surface area contributed by atoms with Gasteiger partial charge in [-0.15, -0.1) is 11.3 Å². The lowest BCUT2D eigenvalue weighted by molar-refractivity contribution is 0.0548. The fourth-order valence-corrected chi connectivity index (χ4v) is 7.15. The molecule has 0 radical (unpaired) electrons. The number of carbonyl (C=O) groups excluding carboxylic acids is 1. The van der Waals surface area contributed by atoms with Crippen LogP contribution >= 0.6 is 23.3 Å². The zero-order valence-corrected chi connectivity index (χ0v) is 22.2. The Labute approximate surface area is 219 Å². The van der Waals surface area contributed by atoms with Gasteiger partial charge in [-0.1, -0.05) is 11.9 Å². The van der Waals surface area contributed by atoms with E-state index >= 15 is 0 Å². The highest BCUT2D eigenvalue weighted by Crippen LogP contribution is 2.34. The van der Waals surface area contributed by atoms with Gasteiger partial charge in [-0.05, 0) is 44.6 Å². The van der Waals surface area contributed by atoms with E-state index in [1.165, 1.54) is 43.6 Å². The van der Waals surface area contributed by atoms with Crippen molar-refractivity contribution < 1.29 is 4.79 Å². The van der Waals surface area contributed by atoms with Crippen LogP contribution in [0.3, 0.4) is 0 Å². The number of aromatic nitrogens is 4. The summed E-state index contributed by atoms with van der Waals surface area (Å²) >= 11 is 3.27. The summed E-state index contributed by atoms with van der Waals surface area (Å²) in [6, 6.07) is 0.807. The van der Waals surface area contributed by atoms with E-state index in [9.17, 15) is 4.79 Å². The molecule has 3 fully saturated rings. The van der Waals surface area contributed by atoms with Gasteiger partial charge in [0, 0.05) is 61.8 Å². The van der Waals surface area contributed by atoms with Gasteiger partial charge in [0.05, 0.1) is 34.6 Å². The number of amides is 1. The van der Waals surface area contributed by atoms with Crippen molar-refractivity contribution in [2.75, 3.05) is 18.8 Å². The Balaban J connectivity index is 1.06. The zero-order chi connectivity index (χ0) is 24.6. The third-order valence-corrected chi connectivity index (χ3v) is 9.38. The van der Waals surface area contributed by atoms with Crippen molar-refractivity contribution in [2.24, 2.45) is 13.0 Å². The van der Waals surface area contributed by atoms with Crippen LogP contribution in [-0.2, 0) is 7.05 Å². The number of nitrogens with zero attached hydrogens (tertiary/aromatic N) is 5. The molecule has 1 aliphatic carbocycles. The number of allylic oxidation sites excluding steroid dienone is 1. The van der Waals surface area contributed by atoms with Crippen LogP contribution in [0.1, 0.15) is 43.0 Å². The number of piperidine rings is 2. The highest BCUT2D eigenvalue weighted by molar-refractivity contribution is 7.97. The molecule has 1 atom stereocenters. The summed E-state index contributed by atoms with van der Waals surface area (Å²) in [5.74, 6) is 1.80. The normalized spacial score (nSPS) is 23.9. The van der Waals surface area contributed by atoms with E-state index in [0.29, 0.717) is 5.56 Å². The van der Waals surface area contributed by atoms with Crippen LogP contribution in [0, 0.1) is 5.92 Å². The van der Waals surface area contributed by atoms with Gasteiger partial charge in [0.1, 0.15) is 4.83 Å². The number of fused-ring (bicyclic) bond motifs is 4. The minimum atomic E-state index is -0.154. The van der Waals surface area contributed by atoms with Gasteiger partial charge >= 0.3 is 0 Å². The maximum absolute atomic E-state index is 13.2. The van der Waals surface area contributed by atoms with E-state index in [4.69, 9.17) is 0 Å². The molecule has 3 aliphatic heterocycles. The van der Waals surface area contributed by atoms with Crippen LogP contribution in [0.15, 0.2) is 48.5 Å². The number of carbonyl (C=O) groups is 1. The average Bonchev–Trinajstić information content (AvgIpc) is 3.60. The third kappa shape index (κ3) is 4.79. The van der Waals surface area contributed by atoms with Crippen LogP contribution in [0.2, 0.25) is 0 Å². The molecule has 190 valence electrons. The van der Waals surface area contributed by atoms with Crippen molar-refractivity contribution in [2.45, 2.75) is 44.7 Å². The Morgan fingerprint density at radius 2 is 2.08 bits per heavy atom. The first kappa shape index (κ1) is 23.6. The van der Waals surface area contributed by atoms with Crippen LogP contribution < -0.4 is 15.4 Å². The number of thiazole rings is 1. The number of aryl methyl sites for hydroxylation is 1. The van der Waals surface area contributed by atoms with E-state index < -0.39 is 0 Å². The van der Waals surface area contributed by atoms with Gasteiger partial charge in [-0.25, -0.2) is 4.52 Å². The van der Waals surface area contributed by atoms with Crippen molar-refractivity contribution in [1.29, 1.82) is 0 Å². The molecule has 3 N–H and O–H groups in total. The molecule has 6 heterocycles. The molecule has 3 aromatic heterocycles.